The first-order valence-electron chi connectivity index (χ1n) is 8.58. The lowest BCUT2D eigenvalue weighted by atomic mass is 9.86. The van der Waals surface area contributed by atoms with Gasteiger partial charge in [0.2, 0.25) is 5.91 Å². The molecular weight excluding hydrogens is 320 g/mol. The Morgan fingerprint density at radius 3 is 2.28 bits per heavy atom. The Labute approximate surface area is 149 Å². The van der Waals surface area contributed by atoms with Crippen molar-refractivity contribution in [2.45, 2.75) is 50.7 Å². The molecule has 1 amide bonds. The first-order chi connectivity index (χ1) is 11.8. The van der Waals surface area contributed by atoms with E-state index in [-0.39, 0.29) is 11.4 Å². The maximum absolute atomic E-state index is 13.0. The molecule has 25 heavy (non-hydrogen) atoms. The quantitative estimate of drug-likeness (QED) is 0.796. The van der Waals surface area contributed by atoms with Gasteiger partial charge in [0.1, 0.15) is 11.6 Å². The van der Waals surface area contributed by atoms with Gasteiger partial charge < -0.3 is 14.8 Å². The van der Waals surface area contributed by atoms with E-state index in [1.165, 1.54) is 7.11 Å². The molecule has 0 spiro atoms. The number of carbonyl (C=O) groups excluding carboxylic acids is 2. The summed E-state index contributed by atoms with van der Waals surface area (Å²) in [6, 6.07) is 8.59. The zero-order chi connectivity index (χ0) is 18.5. The zero-order valence-corrected chi connectivity index (χ0v) is 15.4. The summed E-state index contributed by atoms with van der Waals surface area (Å²) in [6.07, 6.45) is 0.991. The largest absolute Gasteiger partial charge is 0.468 e. The van der Waals surface area contributed by atoms with Crippen LogP contribution >= 0.6 is 0 Å². The highest BCUT2D eigenvalue weighted by molar-refractivity contribution is 5.88. The Morgan fingerprint density at radius 1 is 1.16 bits per heavy atom. The van der Waals surface area contributed by atoms with E-state index in [0.717, 1.165) is 5.56 Å². The van der Waals surface area contributed by atoms with Crippen molar-refractivity contribution in [3.8, 4) is 0 Å². The van der Waals surface area contributed by atoms with Crippen molar-refractivity contribution in [1.82, 2.24) is 10.6 Å². The lowest BCUT2D eigenvalue weighted by Crippen LogP contribution is -2.63. The molecule has 0 unspecified atom stereocenters. The monoisotopic (exact) mass is 348 g/mol. The molecule has 6 heteroatoms. The number of methoxy groups -OCH3 is 1. The van der Waals surface area contributed by atoms with Gasteiger partial charge in [-0.2, -0.15) is 0 Å². The molecule has 0 saturated carbocycles. The summed E-state index contributed by atoms with van der Waals surface area (Å²) in [7, 11) is 1.35. The van der Waals surface area contributed by atoms with Gasteiger partial charge in [-0.05, 0) is 39.2 Å². The third-order valence-corrected chi connectivity index (χ3v) is 4.26. The predicted molar refractivity (Wildman–Crippen MR) is 95.0 cm³/mol. The van der Waals surface area contributed by atoms with Crippen LogP contribution < -0.4 is 10.6 Å². The normalized spacial score (nSPS) is 18.2. The molecular formula is C19H28N2O4. The number of esters is 1. The average Bonchev–Trinajstić information content (AvgIpc) is 2.59. The molecule has 1 atom stereocenters. The number of amides is 1. The van der Waals surface area contributed by atoms with E-state index in [1.54, 1.807) is 0 Å². The van der Waals surface area contributed by atoms with Crippen LogP contribution in [-0.4, -0.2) is 43.3 Å². The number of rotatable bonds is 5. The van der Waals surface area contributed by atoms with E-state index >= 15 is 0 Å². The van der Waals surface area contributed by atoms with E-state index in [0.29, 0.717) is 26.1 Å². The van der Waals surface area contributed by atoms with Gasteiger partial charge >= 0.3 is 5.97 Å². The van der Waals surface area contributed by atoms with Crippen LogP contribution in [0.1, 0.15) is 45.2 Å². The first-order valence-corrected chi connectivity index (χ1v) is 8.58. The van der Waals surface area contributed by atoms with Crippen LogP contribution in [-0.2, 0) is 19.1 Å². The molecule has 6 nitrogen and oxygen atoms in total. The Bertz CT molecular complexity index is 589. The van der Waals surface area contributed by atoms with E-state index in [1.807, 2.05) is 51.1 Å². The number of carbonyl (C=O) groups is 2. The molecule has 0 radical (unpaired) electrons. The van der Waals surface area contributed by atoms with E-state index < -0.39 is 17.6 Å². The predicted octanol–water partition coefficient (Wildman–Crippen LogP) is 1.95. The van der Waals surface area contributed by atoms with E-state index in [2.05, 4.69) is 10.6 Å². The Hall–Kier alpha value is -1.92. The summed E-state index contributed by atoms with van der Waals surface area (Å²) >= 11 is 0. The lowest BCUT2D eigenvalue weighted by Gasteiger charge is -2.40. The molecule has 1 fully saturated rings. The Kier molecular flexibility index (Phi) is 6.19. The molecule has 1 aliphatic heterocycles. The summed E-state index contributed by atoms with van der Waals surface area (Å²) in [4.78, 5) is 25.4. The SMILES string of the molecule is COC(=O)[C@@H](NC1(C(=O)NC(C)(C)C)CCOCC1)c1ccccc1. The van der Waals surface area contributed by atoms with E-state index in [9.17, 15) is 9.59 Å². The molecule has 1 aliphatic rings. The maximum Gasteiger partial charge on any atom is 0.327 e. The second kappa shape index (κ2) is 7.97. The van der Waals surface area contributed by atoms with Gasteiger partial charge in [-0.25, -0.2) is 4.79 Å². The second-order valence-corrected chi connectivity index (χ2v) is 7.41. The summed E-state index contributed by atoms with van der Waals surface area (Å²) in [6.45, 7) is 6.74. The summed E-state index contributed by atoms with van der Waals surface area (Å²) in [5.41, 5.74) is -0.471. The Balaban J connectivity index is 2.32. The standard InChI is InChI=1S/C19H28N2O4/c1-18(2,3)21-17(23)19(10-12-25-13-11-19)20-15(16(22)24-4)14-8-6-5-7-9-14/h5-9,15,20H,10-13H2,1-4H3,(H,21,23)/t15-/m0/s1. The fourth-order valence-corrected chi connectivity index (χ4v) is 2.94. The van der Waals surface area contributed by atoms with Crippen LogP contribution in [0.25, 0.3) is 0 Å². The topological polar surface area (TPSA) is 76.7 Å². The molecule has 1 aromatic carbocycles. The number of hydrogen-bond donors (Lipinski definition) is 2. The van der Waals surface area contributed by atoms with Gasteiger partial charge in [0.05, 0.1) is 7.11 Å². The highest BCUT2D eigenvalue weighted by Crippen LogP contribution is 2.27. The average molecular weight is 348 g/mol. The van der Waals surface area contributed by atoms with Crippen molar-refractivity contribution in [2.24, 2.45) is 0 Å². The molecule has 0 bridgehead atoms. The minimum absolute atomic E-state index is 0.117. The molecule has 0 aliphatic carbocycles. The zero-order valence-electron chi connectivity index (χ0n) is 15.4. The molecule has 1 aromatic rings. The van der Waals surface area contributed by atoms with Crippen molar-refractivity contribution >= 4 is 11.9 Å². The molecule has 138 valence electrons. The third kappa shape index (κ3) is 5.03. The Morgan fingerprint density at radius 2 is 1.76 bits per heavy atom. The minimum atomic E-state index is -0.875. The highest BCUT2D eigenvalue weighted by Gasteiger charge is 2.44. The maximum atomic E-state index is 13.0. The van der Waals surface area contributed by atoms with Crippen LogP contribution in [0.3, 0.4) is 0 Å². The lowest BCUT2D eigenvalue weighted by molar-refractivity contribution is -0.146. The molecule has 2 N–H and O–H groups in total. The number of hydrogen-bond acceptors (Lipinski definition) is 5. The summed E-state index contributed by atoms with van der Waals surface area (Å²) < 4.78 is 10.4. The first kappa shape index (κ1) is 19.4. The number of ether oxygens (including phenoxy) is 2. The van der Waals surface area contributed by atoms with Gasteiger partial charge in [0, 0.05) is 18.8 Å². The van der Waals surface area contributed by atoms with Crippen LogP contribution in [0.2, 0.25) is 0 Å². The fourth-order valence-electron chi connectivity index (χ4n) is 2.94. The van der Waals surface area contributed by atoms with Crippen molar-refractivity contribution in [1.29, 1.82) is 0 Å². The van der Waals surface area contributed by atoms with Gasteiger partial charge in [-0.1, -0.05) is 30.3 Å². The number of nitrogens with one attached hydrogen (secondary N) is 2. The molecule has 0 aromatic heterocycles. The van der Waals surface area contributed by atoms with Crippen LogP contribution in [0.5, 0.6) is 0 Å². The molecule has 1 saturated heterocycles. The van der Waals surface area contributed by atoms with Crippen LogP contribution in [0.4, 0.5) is 0 Å². The van der Waals surface area contributed by atoms with E-state index in [4.69, 9.17) is 9.47 Å². The minimum Gasteiger partial charge on any atom is -0.468 e. The van der Waals surface area contributed by atoms with Crippen molar-refractivity contribution < 1.29 is 19.1 Å². The highest BCUT2D eigenvalue weighted by atomic mass is 16.5. The van der Waals surface area contributed by atoms with Gasteiger partial charge in [0.25, 0.3) is 0 Å². The molecule has 2 rings (SSSR count). The van der Waals surface area contributed by atoms with Gasteiger partial charge in [0.15, 0.2) is 0 Å². The fraction of sp³-hybridized carbons (Fsp3) is 0.579. The van der Waals surface area contributed by atoms with Crippen LogP contribution in [0.15, 0.2) is 30.3 Å². The van der Waals surface area contributed by atoms with Crippen molar-refractivity contribution in [2.75, 3.05) is 20.3 Å². The number of benzene rings is 1. The molecule has 1 heterocycles. The summed E-state index contributed by atoms with van der Waals surface area (Å²) in [5.74, 6) is -0.534. The van der Waals surface area contributed by atoms with Gasteiger partial charge in [-0.15, -0.1) is 0 Å². The third-order valence-electron chi connectivity index (χ3n) is 4.26. The summed E-state index contributed by atoms with van der Waals surface area (Å²) in [5, 5.41) is 6.33. The van der Waals surface area contributed by atoms with Crippen molar-refractivity contribution in [3.05, 3.63) is 35.9 Å². The van der Waals surface area contributed by atoms with Gasteiger partial charge in [-0.3, -0.25) is 10.1 Å². The van der Waals surface area contributed by atoms with Crippen LogP contribution in [0, 0.1) is 0 Å². The van der Waals surface area contributed by atoms with Crippen molar-refractivity contribution in [3.63, 3.8) is 0 Å². The smallest absolute Gasteiger partial charge is 0.327 e. The second-order valence-electron chi connectivity index (χ2n) is 7.41.